The zero-order chi connectivity index (χ0) is 20.3. The van der Waals surface area contributed by atoms with E-state index in [1.54, 1.807) is 12.1 Å². The van der Waals surface area contributed by atoms with Crippen LogP contribution in [0.15, 0.2) is 57.5 Å². The molecule has 0 aliphatic rings. The number of hydrogen-bond donors (Lipinski definition) is 0. The van der Waals surface area contributed by atoms with Crippen molar-refractivity contribution >= 4 is 26.0 Å². The summed E-state index contributed by atoms with van der Waals surface area (Å²) in [5, 5.41) is 3.98. The third kappa shape index (κ3) is 5.06. The summed E-state index contributed by atoms with van der Waals surface area (Å²) in [4.78, 5) is 4.34. The summed E-state index contributed by atoms with van der Waals surface area (Å²) in [6, 6.07) is 15.1. The zero-order valence-corrected chi connectivity index (χ0v) is 18.4. The van der Waals surface area contributed by atoms with Crippen molar-refractivity contribution in [3.63, 3.8) is 0 Å². The molecule has 0 unspecified atom stereocenters. The van der Waals surface area contributed by atoms with Gasteiger partial charge in [-0.2, -0.15) is 9.29 Å². The quantitative estimate of drug-likeness (QED) is 0.512. The average Bonchev–Trinajstić information content (AvgIpc) is 3.12. The monoisotopic (exact) mass is 463 g/mol. The molecule has 28 heavy (non-hydrogen) atoms. The highest BCUT2D eigenvalue weighted by molar-refractivity contribution is 9.10. The van der Waals surface area contributed by atoms with E-state index in [0.29, 0.717) is 17.3 Å². The van der Waals surface area contributed by atoms with Gasteiger partial charge in [-0.3, -0.25) is 0 Å². The minimum Gasteiger partial charge on any atom is -0.338 e. The van der Waals surface area contributed by atoms with E-state index in [2.05, 4.69) is 39.9 Å². The molecule has 2 aromatic carbocycles. The molecule has 6 nitrogen and oxygen atoms in total. The molecule has 1 aromatic heterocycles. The van der Waals surface area contributed by atoms with Gasteiger partial charge in [0.05, 0.1) is 12.3 Å². The third-order valence-electron chi connectivity index (χ3n) is 4.40. The van der Waals surface area contributed by atoms with Gasteiger partial charge in [0.25, 0.3) is 0 Å². The van der Waals surface area contributed by atoms with Crippen LogP contribution < -0.4 is 0 Å². The van der Waals surface area contributed by atoms with Crippen LogP contribution in [0.1, 0.15) is 36.8 Å². The lowest BCUT2D eigenvalue weighted by Gasteiger charge is -2.15. The fraction of sp³-hybridized carbons (Fsp3) is 0.300. The van der Waals surface area contributed by atoms with Gasteiger partial charge in [-0.1, -0.05) is 71.3 Å². The predicted octanol–water partition coefficient (Wildman–Crippen LogP) is 4.58. The Bertz CT molecular complexity index is 1030. The molecule has 0 atom stereocenters. The fourth-order valence-corrected chi connectivity index (χ4v) is 4.05. The summed E-state index contributed by atoms with van der Waals surface area (Å²) in [5.74, 6) is 1.06. The summed E-state index contributed by atoms with van der Waals surface area (Å²) in [7, 11) is -2.00. The largest absolute Gasteiger partial charge is 0.338 e. The van der Waals surface area contributed by atoms with Crippen LogP contribution in [0.5, 0.6) is 0 Å². The van der Waals surface area contributed by atoms with E-state index in [0.717, 1.165) is 10.0 Å². The van der Waals surface area contributed by atoms with Gasteiger partial charge in [0.15, 0.2) is 0 Å². The fourth-order valence-electron chi connectivity index (χ4n) is 2.64. The number of benzene rings is 2. The van der Waals surface area contributed by atoms with Gasteiger partial charge < -0.3 is 4.52 Å². The first-order chi connectivity index (χ1) is 13.2. The predicted molar refractivity (Wildman–Crippen MR) is 112 cm³/mol. The van der Waals surface area contributed by atoms with Crippen molar-refractivity contribution < 1.29 is 12.9 Å². The summed E-state index contributed by atoms with van der Waals surface area (Å²) < 4.78 is 32.6. The van der Waals surface area contributed by atoms with Crippen LogP contribution in [-0.2, 0) is 22.3 Å². The number of sulfonamides is 1. The summed E-state index contributed by atoms with van der Waals surface area (Å²) in [6.07, 6.45) is 0. The lowest BCUT2D eigenvalue weighted by Crippen LogP contribution is -2.27. The molecule has 0 amide bonds. The minimum atomic E-state index is -3.50. The third-order valence-corrected chi connectivity index (χ3v) is 6.70. The SMILES string of the molecule is CC(C)c1ccc(-c2noc(CN(C)S(=O)(=O)Cc3ccc(Br)cc3)n2)cc1. The Kier molecular flexibility index (Phi) is 6.32. The van der Waals surface area contributed by atoms with E-state index in [1.807, 2.05) is 36.4 Å². The van der Waals surface area contributed by atoms with Crippen molar-refractivity contribution in [2.45, 2.75) is 32.1 Å². The van der Waals surface area contributed by atoms with Crippen molar-refractivity contribution in [3.8, 4) is 11.4 Å². The van der Waals surface area contributed by atoms with E-state index in [1.165, 1.54) is 16.9 Å². The smallest absolute Gasteiger partial charge is 0.242 e. The van der Waals surface area contributed by atoms with Crippen LogP contribution in [0.4, 0.5) is 0 Å². The van der Waals surface area contributed by atoms with Gasteiger partial charge in [0, 0.05) is 17.1 Å². The van der Waals surface area contributed by atoms with E-state index in [9.17, 15) is 8.42 Å². The Balaban J connectivity index is 1.68. The normalized spacial score (nSPS) is 12.1. The molecule has 0 aliphatic carbocycles. The maximum atomic E-state index is 12.6. The number of aromatic nitrogens is 2. The summed E-state index contributed by atoms with van der Waals surface area (Å²) in [6.45, 7) is 4.29. The highest BCUT2D eigenvalue weighted by atomic mass is 79.9. The van der Waals surface area contributed by atoms with Gasteiger partial charge in [-0.05, 0) is 29.2 Å². The molecule has 0 spiro atoms. The molecule has 3 aromatic rings. The number of nitrogens with zero attached hydrogens (tertiary/aromatic N) is 3. The van der Waals surface area contributed by atoms with Crippen molar-refractivity contribution in [3.05, 3.63) is 70.0 Å². The molecule has 3 rings (SSSR count). The Morgan fingerprint density at radius 1 is 1.07 bits per heavy atom. The minimum absolute atomic E-state index is 0.0237. The van der Waals surface area contributed by atoms with Gasteiger partial charge in [-0.25, -0.2) is 8.42 Å². The topological polar surface area (TPSA) is 76.3 Å². The molecule has 0 radical (unpaired) electrons. The molecular weight excluding hydrogens is 442 g/mol. The molecule has 0 aliphatic heterocycles. The Morgan fingerprint density at radius 3 is 2.32 bits per heavy atom. The van der Waals surface area contributed by atoms with Gasteiger partial charge in [-0.15, -0.1) is 0 Å². The lowest BCUT2D eigenvalue weighted by molar-refractivity contribution is 0.336. The molecule has 8 heteroatoms. The molecule has 148 valence electrons. The number of halogens is 1. The molecule has 1 heterocycles. The Hall–Kier alpha value is -2.03. The lowest BCUT2D eigenvalue weighted by atomic mass is 10.0. The Morgan fingerprint density at radius 2 is 1.71 bits per heavy atom. The van der Waals surface area contributed by atoms with Crippen LogP contribution in [0, 0.1) is 0 Å². The van der Waals surface area contributed by atoms with Gasteiger partial charge >= 0.3 is 0 Å². The molecule has 0 bridgehead atoms. The molecule has 0 saturated heterocycles. The van der Waals surface area contributed by atoms with Crippen molar-refractivity contribution in [2.75, 3.05) is 7.05 Å². The first-order valence-electron chi connectivity index (χ1n) is 8.86. The van der Waals surface area contributed by atoms with Gasteiger partial charge in [0.1, 0.15) is 0 Å². The average molecular weight is 464 g/mol. The van der Waals surface area contributed by atoms with Crippen LogP contribution in [0.25, 0.3) is 11.4 Å². The van der Waals surface area contributed by atoms with Crippen molar-refractivity contribution in [1.82, 2.24) is 14.4 Å². The number of hydrogen-bond acceptors (Lipinski definition) is 5. The number of rotatable bonds is 7. The second-order valence-corrected chi connectivity index (χ2v) is 9.92. The van der Waals surface area contributed by atoms with Crippen LogP contribution >= 0.6 is 15.9 Å². The standard InChI is InChI=1S/C20H22BrN3O3S/c1-14(2)16-6-8-17(9-7-16)20-22-19(27-23-20)12-24(3)28(25,26)13-15-4-10-18(21)11-5-15/h4-11,14H,12-13H2,1-3H3. The summed E-state index contributed by atoms with van der Waals surface area (Å²) in [5.41, 5.74) is 2.78. The van der Waals surface area contributed by atoms with Crippen LogP contribution in [-0.4, -0.2) is 29.9 Å². The van der Waals surface area contributed by atoms with E-state index in [-0.39, 0.29) is 18.2 Å². The van der Waals surface area contributed by atoms with Gasteiger partial charge in [0.2, 0.25) is 21.7 Å². The maximum absolute atomic E-state index is 12.6. The van der Waals surface area contributed by atoms with Crippen molar-refractivity contribution in [2.24, 2.45) is 0 Å². The molecule has 0 fully saturated rings. The molecular formula is C20H22BrN3O3S. The molecule has 0 N–H and O–H groups in total. The van der Waals surface area contributed by atoms with E-state index >= 15 is 0 Å². The second kappa shape index (κ2) is 8.55. The first kappa shape index (κ1) is 20.7. The van der Waals surface area contributed by atoms with Crippen LogP contribution in [0.3, 0.4) is 0 Å². The second-order valence-electron chi connectivity index (χ2n) is 6.93. The zero-order valence-electron chi connectivity index (χ0n) is 16.0. The van der Waals surface area contributed by atoms with E-state index in [4.69, 9.17) is 4.52 Å². The molecule has 0 saturated carbocycles. The Labute approximate surface area is 173 Å². The van der Waals surface area contributed by atoms with Crippen LogP contribution in [0.2, 0.25) is 0 Å². The maximum Gasteiger partial charge on any atom is 0.242 e. The summed E-state index contributed by atoms with van der Waals surface area (Å²) >= 11 is 3.34. The van der Waals surface area contributed by atoms with Crippen molar-refractivity contribution in [1.29, 1.82) is 0 Å². The highest BCUT2D eigenvalue weighted by Crippen LogP contribution is 2.21. The first-order valence-corrected chi connectivity index (χ1v) is 11.3. The highest BCUT2D eigenvalue weighted by Gasteiger charge is 2.21. The van der Waals surface area contributed by atoms with E-state index < -0.39 is 10.0 Å².